The molecule has 1 aliphatic heterocycles. The van der Waals surface area contributed by atoms with Crippen LogP contribution < -0.4 is 16.1 Å². The van der Waals surface area contributed by atoms with E-state index >= 15 is 0 Å². The van der Waals surface area contributed by atoms with Crippen LogP contribution in [0.5, 0.6) is 5.88 Å². The van der Waals surface area contributed by atoms with Crippen LogP contribution in [0.25, 0.3) is 16.9 Å². The van der Waals surface area contributed by atoms with Gasteiger partial charge >= 0.3 is 5.69 Å². The van der Waals surface area contributed by atoms with E-state index in [-0.39, 0.29) is 23.1 Å². The Labute approximate surface area is 217 Å². The summed E-state index contributed by atoms with van der Waals surface area (Å²) < 4.78 is 2.90. The first kappa shape index (κ1) is 24.7. The molecule has 0 aliphatic carbocycles. The van der Waals surface area contributed by atoms with E-state index < -0.39 is 5.91 Å². The zero-order chi connectivity index (χ0) is 26.6. The number of carbonyl (C=O) groups excluding carboxylic acids is 1. The van der Waals surface area contributed by atoms with Crippen molar-refractivity contribution in [3.8, 4) is 28.9 Å². The van der Waals surface area contributed by atoms with Crippen LogP contribution in [0.3, 0.4) is 0 Å². The Balaban J connectivity index is 1.40. The molecule has 0 bridgehead atoms. The van der Waals surface area contributed by atoms with E-state index in [1.54, 1.807) is 34.3 Å². The predicted octanol–water partition coefficient (Wildman–Crippen LogP) is 2.71. The number of benzene rings is 2. The summed E-state index contributed by atoms with van der Waals surface area (Å²) in [5.74, 6) is -0.165. The van der Waals surface area contributed by atoms with Gasteiger partial charge in [-0.05, 0) is 43.0 Å². The Morgan fingerprint density at radius 2 is 1.71 bits per heavy atom. The van der Waals surface area contributed by atoms with Gasteiger partial charge in [-0.1, -0.05) is 30.3 Å². The van der Waals surface area contributed by atoms with E-state index in [2.05, 4.69) is 16.0 Å². The molecule has 0 atom stereocenters. The van der Waals surface area contributed by atoms with Gasteiger partial charge in [-0.2, -0.15) is 5.26 Å². The number of hydrogen-bond acceptors (Lipinski definition) is 8. The Morgan fingerprint density at radius 1 is 1.05 bits per heavy atom. The molecular weight excluding hydrogens is 486 g/mol. The second kappa shape index (κ2) is 10.6. The maximum absolute atomic E-state index is 13.6. The summed E-state index contributed by atoms with van der Waals surface area (Å²) in [4.78, 5) is 35.6. The van der Waals surface area contributed by atoms with Crippen LogP contribution in [0.4, 0.5) is 5.95 Å². The number of piperidine rings is 1. The van der Waals surface area contributed by atoms with Gasteiger partial charge in [0, 0.05) is 37.6 Å². The van der Waals surface area contributed by atoms with Crippen molar-refractivity contribution in [2.45, 2.75) is 19.4 Å². The lowest BCUT2D eigenvalue weighted by atomic mass is 9.96. The minimum Gasteiger partial charge on any atom is -0.493 e. The van der Waals surface area contributed by atoms with E-state index in [1.165, 1.54) is 17.0 Å². The van der Waals surface area contributed by atoms with Crippen molar-refractivity contribution >= 4 is 11.9 Å². The number of aromatic hydroxyl groups is 1. The number of rotatable bonds is 6. The van der Waals surface area contributed by atoms with E-state index in [0.717, 1.165) is 18.4 Å². The summed E-state index contributed by atoms with van der Waals surface area (Å²) in [7, 11) is 0. The van der Waals surface area contributed by atoms with Gasteiger partial charge in [0.25, 0.3) is 5.91 Å². The molecule has 0 unspecified atom stereocenters. The lowest BCUT2D eigenvalue weighted by molar-refractivity contribution is 0.0705. The Morgan fingerprint density at radius 3 is 2.32 bits per heavy atom. The minimum atomic E-state index is -0.675. The fraction of sp³-hybridized carbons (Fsp3) is 0.222. The van der Waals surface area contributed by atoms with Crippen molar-refractivity contribution in [1.82, 2.24) is 24.6 Å². The molecule has 38 heavy (non-hydrogen) atoms. The monoisotopic (exact) mass is 511 g/mol. The third-order valence-corrected chi connectivity index (χ3v) is 6.76. The SMILES string of the molecule is N#Cc1ccc(-n2c(O)c(-c3ccccc3)n(CC3CCN(c4ncc(C(=O)NO)cn4)CC3)c2=O)cc1. The molecule has 1 aliphatic rings. The van der Waals surface area contributed by atoms with Gasteiger partial charge in [0.1, 0.15) is 5.69 Å². The zero-order valence-electron chi connectivity index (χ0n) is 20.4. The van der Waals surface area contributed by atoms with Gasteiger partial charge < -0.3 is 10.0 Å². The van der Waals surface area contributed by atoms with Crippen LogP contribution >= 0.6 is 0 Å². The van der Waals surface area contributed by atoms with Crippen molar-refractivity contribution in [2.75, 3.05) is 18.0 Å². The van der Waals surface area contributed by atoms with Crippen LogP contribution in [0.2, 0.25) is 0 Å². The van der Waals surface area contributed by atoms with Gasteiger partial charge in [-0.25, -0.2) is 24.8 Å². The highest BCUT2D eigenvalue weighted by Gasteiger charge is 2.27. The van der Waals surface area contributed by atoms with E-state index in [1.807, 2.05) is 35.2 Å². The molecule has 192 valence electrons. The number of amides is 1. The molecule has 2 aromatic heterocycles. The molecule has 4 aromatic rings. The smallest absolute Gasteiger partial charge is 0.336 e. The molecule has 1 amide bonds. The standard InChI is InChI=1S/C27H25N7O4/c28-14-18-6-8-22(9-7-18)34-25(36)23(20-4-2-1-3-5-20)33(27(34)37)17-19-10-12-32(13-11-19)26-29-15-21(16-30-26)24(35)31-38/h1-9,15-16,19,36,38H,10-13,17H2,(H,31,35). The molecule has 1 saturated heterocycles. The fourth-order valence-corrected chi connectivity index (χ4v) is 4.74. The van der Waals surface area contributed by atoms with Gasteiger partial charge in [-0.15, -0.1) is 0 Å². The molecule has 0 radical (unpaired) electrons. The summed E-state index contributed by atoms with van der Waals surface area (Å²) in [5.41, 5.74) is 3.48. The normalized spacial score (nSPS) is 13.7. The molecule has 0 saturated carbocycles. The lowest BCUT2D eigenvalue weighted by Gasteiger charge is -2.32. The molecule has 2 aromatic carbocycles. The second-order valence-corrected chi connectivity index (χ2v) is 9.07. The van der Waals surface area contributed by atoms with E-state index in [4.69, 9.17) is 10.5 Å². The molecule has 0 spiro atoms. The maximum atomic E-state index is 13.6. The van der Waals surface area contributed by atoms with Crippen molar-refractivity contribution in [2.24, 2.45) is 5.92 Å². The lowest BCUT2D eigenvalue weighted by Crippen LogP contribution is -2.37. The zero-order valence-corrected chi connectivity index (χ0v) is 20.4. The van der Waals surface area contributed by atoms with E-state index in [0.29, 0.717) is 42.5 Å². The van der Waals surface area contributed by atoms with Crippen molar-refractivity contribution < 1.29 is 15.1 Å². The van der Waals surface area contributed by atoms with Crippen molar-refractivity contribution in [1.29, 1.82) is 5.26 Å². The predicted molar refractivity (Wildman–Crippen MR) is 138 cm³/mol. The molecule has 3 heterocycles. The number of imidazole rings is 1. The third-order valence-electron chi connectivity index (χ3n) is 6.76. The largest absolute Gasteiger partial charge is 0.493 e. The maximum Gasteiger partial charge on any atom is 0.336 e. The van der Waals surface area contributed by atoms with Crippen molar-refractivity contribution in [3.63, 3.8) is 0 Å². The summed E-state index contributed by atoms with van der Waals surface area (Å²) in [5, 5.41) is 29.1. The minimum absolute atomic E-state index is 0.149. The van der Waals surface area contributed by atoms with Crippen LogP contribution in [-0.2, 0) is 6.54 Å². The Bertz CT molecular complexity index is 1530. The number of carbonyl (C=O) groups is 1. The van der Waals surface area contributed by atoms with Crippen LogP contribution in [0.1, 0.15) is 28.8 Å². The summed E-state index contributed by atoms with van der Waals surface area (Å²) in [6.07, 6.45) is 4.26. The van der Waals surface area contributed by atoms with Crippen LogP contribution in [0, 0.1) is 17.2 Å². The van der Waals surface area contributed by atoms with Crippen LogP contribution in [-0.4, -0.2) is 48.4 Å². The average molecular weight is 512 g/mol. The Kier molecular flexibility index (Phi) is 6.88. The number of hydrogen-bond donors (Lipinski definition) is 3. The number of nitriles is 1. The molecule has 3 N–H and O–H groups in total. The Hall–Kier alpha value is -4.95. The van der Waals surface area contributed by atoms with Crippen molar-refractivity contribution in [3.05, 3.63) is 88.6 Å². The number of anilines is 1. The van der Waals surface area contributed by atoms with Gasteiger partial charge in [0.15, 0.2) is 0 Å². The molecule has 5 rings (SSSR count). The fourth-order valence-electron chi connectivity index (χ4n) is 4.74. The quantitative estimate of drug-likeness (QED) is 0.264. The highest BCUT2D eigenvalue weighted by atomic mass is 16.5. The first-order valence-corrected chi connectivity index (χ1v) is 12.1. The number of nitrogens with zero attached hydrogens (tertiary/aromatic N) is 6. The average Bonchev–Trinajstić information content (AvgIpc) is 3.22. The van der Waals surface area contributed by atoms with E-state index in [9.17, 15) is 14.7 Å². The summed E-state index contributed by atoms with van der Waals surface area (Å²) in [6.45, 7) is 1.74. The number of hydroxylamine groups is 1. The second-order valence-electron chi connectivity index (χ2n) is 9.07. The number of nitrogens with one attached hydrogen (secondary N) is 1. The highest BCUT2D eigenvalue weighted by Crippen LogP contribution is 2.32. The summed E-state index contributed by atoms with van der Waals surface area (Å²) in [6, 6.07) is 17.9. The van der Waals surface area contributed by atoms with Gasteiger partial charge in [-0.3, -0.25) is 14.6 Å². The highest BCUT2D eigenvalue weighted by molar-refractivity contribution is 5.92. The molecule has 11 heteroatoms. The first-order chi connectivity index (χ1) is 18.5. The first-order valence-electron chi connectivity index (χ1n) is 12.1. The number of aromatic nitrogens is 4. The van der Waals surface area contributed by atoms with Gasteiger partial charge in [0.05, 0.1) is 22.9 Å². The summed E-state index contributed by atoms with van der Waals surface area (Å²) >= 11 is 0. The van der Waals surface area contributed by atoms with Gasteiger partial charge in [0.2, 0.25) is 11.8 Å². The molecule has 11 nitrogen and oxygen atoms in total. The molecular formula is C27H25N7O4. The molecule has 1 fully saturated rings. The topological polar surface area (TPSA) is 149 Å². The van der Waals surface area contributed by atoms with Crippen LogP contribution in [0.15, 0.2) is 71.8 Å². The third kappa shape index (κ3) is 4.72.